The Morgan fingerprint density at radius 3 is 2.13 bits per heavy atom. The first kappa shape index (κ1) is 11.6. The molecule has 0 heterocycles. The Morgan fingerprint density at radius 1 is 1.13 bits per heavy atom. The van der Waals surface area contributed by atoms with Gasteiger partial charge < -0.3 is 0 Å². The minimum atomic E-state index is -0.738. The van der Waals surface area contributed by atoms with Gasteiger partial charge >= 0.3 is 107 Å². The fraction of sp³-hybridized carbons (Fsp3) is 0.385. The van der Waals surface area contributed by atoms with E-state index in [0.717, 1.165) is 12.8 Å². The molecule has 0 aromatic carbocycles. The summed E-state index contributed by atoms with van der Waals surface area (Å²) in [5.74, 6) is 0.682. The summed E-state index contributed by atoms with van der Waals surface area (Å²) < 4.78 is 1.31. The summed E-state index contributed by atoms with van der Waals surface area (Å²) >= 11 is -0.738. The summed E-state index contributed by atoms with van der Waals surface area (Å²) in [4.78, 5) is 0. The van der Waals surface area contributed by atoms with Crippen LogP contribution in [0.4, 0.5) is 0 Å². The molecule has 78 valence electrons. The van der Waals surface area contributed by atoms with Gasteiger partial charge in [0.15, 0.2) is 0 Å². The molecular weight excluding hydrogens is 370 g/mol. The van der Waals surface area contributed by atoms with E-state index in [0.29, 0.717) is 5.92 Å². The summed E-state index contributed by atoms with van der Waals surface area (Å²) in [6.45, 7) is 0. The van der Waals surface area contributed by atoms with Gasteiger partial charge in [-0.15, -0.1) is 0 Å². The second-order valence-electron chi connectivity index (χ2n) is 3.97. The molecule has 0 atom stereocenters. The van der Waals surface area contributed by atoms with Gasteiger partial charge in [-0.05, 0) is 0 Å². The first-order valence-corrected chi connectivity index (χ1v) is 12.5. The number of rotatable bonds is 5. The van der Waals surface area contributed by atoms with Crippen LogP contribution in [0.2, 0.25) is 4.18 Å². The summed E-state index contributed by atoms with van der Waals surface area (Å²) in [5, 5.41) is 0. The fourth-order valence-corrected chi connectivity index (χ4v) is 4.57. The third-order valence-electron chi connectivity index (χ3n) is 3.02. The van der Waals surface area contributed by atoms with E-state index in [1.807, 2.05) is 0 Å². The zero-order chi connectivity index (χ0) is 10.5. The summed E-state index contributed by atoms with van der Waals surface area (Å²) in [7, 11) is 5.98. The van der Waals surface area contributed by atoms with Gasteiger partial charge in [0.2, 0.25) is 0 Å². The summed E-state index contributed by atoms with van der Waals surface area (Å²) in [5.41, 5.74) is 3.19. The molecule has 0 aromatic rings. The molecule has 0 spiro atoms. The topological polar surface area (TPSA) is 0 Å². The van der Waals surface area contributed by atoms with Gasteiger partial charge in [0.1, 0.15) is 0 Å². The average Bonchev–Trinajstić information content (AvgIpc) is 2.90. The average molecular weight is 385 g/mol. The van der Waals surface area contributed by atoms with E-state index < -0.39 is 21.7 Å². The van der Waals surface area contributed by atoms with E-state index in [9.17, 15) is 0 Å². The SMILES string of the molecule is [Cl][Hf][CH2]CC(C1=CC=CC1)C1=CC=CC1. The Hall–Kier alpha value is 0.120. The molecule has 0 saturated heterocycles. The molecule has 0 fully saturated rings. The maximum absolute atomic E-state index is 5.98. The standard InChI is InChI=1S/C13H15.ClH.Hf/c1-2-13(11-7-3-4-8-11)12-9-5-6-10-12;;/h3-7,9,13H,1-2,8,10H2;1H;/q;;+1/p-1. The summed E-state index contributed by atoms with van der Waals surface area (Å²) in [6, 6.07) is 0. The molecule has 0 radical (unpaired) electrons. The predicted octanol–water partition coefficient (Wildman–Crippen LogP) is 4.42. The van der Waals surface area contributed by atoms with Crippen molar-refractivity contribution in [2.75, 3.05) is 0 Å². The normalized spacial score (nSPS) is 18.5. The molecule has 0 nitrogen and oxygen atoms in total. The van der Waals surface area contributed by atoms with Gasteiger partial charge in [-0.1, -0.05) is 0 Å². The van der Waals surface area contributed by atoms with Crippen LogP contribution in [-0.4, -0.2) is 0 Å². The Balaban J connectivity index is 2.02. The van der Waals surface area contributed by atoms with E-state index in [1.54, 1.807) is 11.1 Å². The van der Waals surface area contributed by atoms with Crippen molar-refractivity contribution in [2.24, 2.45) is 5.92 Å². The zero-order valence-corrected chi connectivity index (χ0v) is 13.1. The predicted molar refractivity (Wildman–Crippen MR) is 62.4 cm³/mol. The van der Waals surface area contributed by atoms with Crippen molar-refractivity contribution in [1.29, 1.82) is 0 Å². The molecule has 0 aromatic heterocycles. The Morgan fingerprint density at radius 2 is 1.73 bits per heavy atom. The van der Waals surface area contributed by atoms with Gasteiger partial charge in [-0.2, -0.15) is 0 Å². The van der Waals surface area contributed by atoms with Gasteiger partial charge in [0, 0.05) is 0 Å². The van der Waals surface area contributed by atoms with Crippen LogP contribution in [-0.2, 0) is 21.7 Å². The van der Waals surface area contributed by atoms with Crippen LogP contribution in [0.25, 0.3) is 0 Å². The van der Waals surface area contributed by atoms with Gasteiger partial charge in [0.25, 0.3) is 0 Å². The number of halogens is 1. The van der Waals surface area contributed by atoms with E-state index in [1.165, 1.54) is 10.6 Å². The minimum absolute atomic E-state index is 0.682. The molecule has 2 rings (SSSR count). The number of hydrogen-bond acceptors (Lipinski definition) is 0. The van der Waals surface area contributed by atoms with Gasteiger partial charge in [-0.25, -0.2) is 0 Å². The third-order valence-corrected chi connectivity index (χ3v) is 6.29. The van der Waals surface area contributed by atoms with Crippen LogP contribution in [0.15, 0.2) is 47.6 Å². The number of allylic oxidation sites excluding steroid dienone is 8. The molecule has 0 unspecified atom stereocenters. The maximum atomic E-state index is 5.98. The van der Waals surface area contributed by atoms with Gasteiger partial charge in [-0.3, -0.25) is 0 Å². The molecule has 2 heteroatoms. The van der Waals surface area contributed by atoms with Crippen LogP contribution in [0, 0.1) is 5.92 Å². The molecule has 0 aliphatic heterocycles. The van der Waals surface area contributed by atoms with Crippen LogP contribution < -0.4 is 0 Å². The molecule has 2 aliphatic rings. The first-order valence-electron chi connectivity index (χ1n) is 5.46. The molecular formula is C13H15ClHf. The van der Waals surface area contributed by atoms with Crippen molar-refractivity contribution in [3.05, 3.63) is 47.6 Å². The van der Waals surface area contributed by atoms with E-state index in [2.05, 4.69) is 36.5 Å². The van der Waals surface area contributed by atoms with Crippen molar-refractivity contribution in [2.45, 2.75) is 23.4 Å². The molecule has 0 bridgehead atoms. The Labute approximate surface area is 107 Å². The molecule has 2 aliphatic carbocycles. The first-order chi connectivity index (χ1) is 7.42. The van der Waals surface area contributed by atoms with Crippen molar-refractivity contribution in [3.8, 4) is 0 Å². The van der Waals surface area contributed by atoms with Gasteiger partial charge in [0.05, 0.1) is 0 Å². The zero-order valence-electron chi connectivity index (χ0n) is 8.75. The van der Waals surface area contributed by atoms with Crippen LogP contribution in [0.1, 0.15) is 19.3 Å². The van der Waals surface area contributed by atoms with Crippen LogP contribution in [0.5, 0.6) is 0 Å². The number of hydrogen-bond donors (Lipinski definition) is 0. The summed E-state index contributed by atoms with van der Waals surface area (Å²) in [6.07, 6.45) is 17.1. The van der Waals surface area contributed by atoms with Crippen LogP contribution in [0.3, 0.4) is 0 Å². The van der Waals surface area contributed by atoms with Crippen molar-refractivity contribution in [1.82, 2.24) is 0 Å². The Kier molecular flexibility index (Phi) is 4.64. The second kappa shape index (κ2) is 6.00. The molecule has 0 saturated carbocycles. The third kappa shape index (κ3) is 3.04. The van der Waals surface area contributed by atoms with Crippen molar-refractivity contribution >= 4 is 8.58 Å². The van der Waals surface area contributed by atoms with Crippen molar-refractivity contribution < 1.29 is 21.7 Å². The van der Waals surface area contributed by atoms with E-state index in [4.69, 9.17) is 8.58 Å². The second-order valence-corrected chi connectivity index (χ2v) is 8.92. The fourth-order valence-electron chi connectivity index (χ4n) is 2.25. The van der Waals surface area contributed by atoms with E-state index in [-0.39, 0.29) is 0 Å². The molecule has 15 heavy (non-hydrogen) atoms. The molecule has 0 amide bonds. The van der Waals surface area contributed by atoms with E-state index >= 15 is 0 Å². The quantitative estimate of drug-likeness (QED) is 0.615. The monoisotopic (exact) mass is 386 g/mol. The Bertz CT molecular complexity index is 306. The van der Waals surface area contributed by atoms with Crippen LogP contribution >= 0.6 is 8.58 Å². The van der Waals surface area contributed by atoms with Crippen molar-refractivity contribution in [3.63, 3.8) is 0 Å². The molecule has 0 N–H and O–H groups in total.